The van der Waals surface area contributed by atoms with Gasteiger partial charge in [0.15, 0.2) is 0 Å². The van der Waals surface area contributed by atoms with E-state index in [0.717, 1.165) is 60.1 Å². The lowest BCUT2D eigenvalue weighted by Crippen LogP contribution is -2.29. The van der Waals surface area contributed by atoms with Crippen molar-refractivity contribution in [2.24, 2.45) is 11.7 Å². The molecule has 1 fully saturated rings. The third kappa shape index (κ3) is 4.44. The number of hydrogen-bond acceptors (Lipinski definition) is 5. The number of nitrogens with two attached hydrogens (primary N) is 1. The van der Waals surface area contributed by atoms with Crippen molar-refractivity contribution < 1.29 is 13.9 Å². The second-order valence-corrected chi connectivity index (χ2v) is 7.95. The molecule has 3 aromatic rings. The minimum absolute atomic E-state index is 0.282. The van der Waals surface area contributed by atoms with Crippen LogP contribution in [-0.2, 0) is 4.74 Å². The maximum atomic E-state index is 13.4. The lowest BCUT2D eigenvalue weighted by molar-refractivity contribution is 0.0601. The van der Waals surface area contributed by atoms with Crippen LogP contribution >= 0.6 is 0 Å². The highest BCUT2D eigenvalue weighted by Gasteiger charge is 2.19. The Kier molecular flexibility index (Phi) is 5.95. The van der Waals surface area contributed by atoms with Crippen LogP contribution in [0.1, 0.15) is 36.0 Å². The van der Waals surface area contributed by atoms with E-state index in [-0.39, 0.29) is 11.8 Å². The molecule has 6 heteroatoms. The van der Waals surface area contributed by atoms with E-state index in [1.165, 1.54) is 19.2 Å². The van der Waals surface area contributed by atoms with Gasteiger partial charge in [0.1, 0.15) is 5.82 Å². The van der Waals surface area contributed by atoms with Crippen molar-refractivity contribution in [3.8, 4) is 11.3 Å². The average Bonchev–Trinajstić information content (AvgIpc) is 2.77. The van der Waals surface area contributed by atoms with Gasteiger partial charge in [-0.15, -0.1) is 0 Å². The maximum absolute atomic E-state index is 13.4. The SMILES string of the molecule is COC(=O)c1ccc2nc(-c3ccc(F)cc3)c(NCC3CCC(N)CC3)cc2c1. The quantitative estimate of drug-likeness (QED) is 0.597. The number of halogens is 1. The predicted molar refractivity (Wildman–Crippen MR) is 117 cm³/mol. The number of carbonyl (C=O) groups excluding carboxylic acids is 1. The molecule has 0 amide bonds. The molecule has 1 aliphatic rings. The standard InChI is InChI=1S/C24H26FN3O2/c1-30-24(29)17-6-11-21-18(12-17)13-22(27-14-15-2-9-20(26)10-3-15)23(28-21)16-4-7-19(25)8-5-16/h4-8,11-13,15,20,27H,2-3,9-10,14,26H2,1H3. The highest BCUT2D eigenvalue weighted by atomic mass is 19.1. The Balaban J connectivity index is 1.70. The Hall–Kier alpha value is -2.99. The van der Waals surface area contributed by atoms with E-state index in [2.05, 4.69) is 5.32 Å². The Labute approximate surface area is 175 Å². The summed E-state index contributed by atoms with van der Waals surface area (Å²) in [6.07, 6.45) is 4.31. The lowest BCUT2D eigenvalue weighted by Gasteiger charge is -2.27. The van der Waals surface area contributed by atoms with Gasteiger partial charge in [0.05, 0.1) is 29.6 Å². The van der Waals surface area contributed by atoms with E-state index >= 15 is 0 Å². The first-order chi connectivity index (χ1) is 14.5. The molecule has 0 unspecified atom stereocenters. The summed E-state index contributed by atoms with van der Waals surface area (Å²) in [7, 11) is 1.37. The van der Waals surface area contributed by atoms with Crippen LogP contribution in [0.5, 0.6) is 0 Å². The van der Waals surface area contributed by atoms with E-state index < -0.39 is 0 Å². The Morgan fingerprint density at radius 3 is 2.57 bits per heavy atom. The molecular formula is C24H26FN3O2. The highest BCUT2D eigenvalue weighted by molar-refractivity contribution is 5.96. The van der Waals surface area contributed by atoms with Crippen LogP contribution in [0.4, 0.5) is 10.1 Å². The van der Waals surface area contributed by atoms with Gasteiger partial charge in [-0.05, 0) is 80.1 Å². The van der Waals surface area contributed by atoms with Gasteiger partial charge >= 0.3 is 5.97 Å². The normalized spacial score (nSPS) is 18.9. The largest absolute Gasteiger partial charge is 0.465 e. The number of ether oxygens (including phenoxy) is 1. The third-order valence-electron chi connectivity index (χ3n) is 5.83. The minimum atomic E-state index is -0.382. The highest BCUT2D eigenvalue weighted by Crippen LogP contribution is 2.32. The van der Waals surface area contributed by atoms with Crippen molar-refractivity contribution in [2.45, 2.75) is 31.7 Å². The summed E-state index contributed by atoms with van der Waals surface area (Å²) in [5.74, 6) is -0.106. The number of nitrogens with one attached hydrogen (secondary N) is 1. The molecular weight excluding hydrogens is 381 g/mol. The fraction of sp³-hybridized carbons (Fsp3) is 0.333. The molecule has 0 aliphatic heterocycles. The zero-order chi connectivity index (χ0) is 21.1. The maximum Gasteiger partial charge on any atom is 0.337 e. The molecule has 0 radical (unpaired) electrons. The fourth-order valence-corrected chi connectivity index (χ4v) is 4.03. The number of hydrogen-bond donors (Lipinski definition) is 2. The number of aromatic nitrogens is 1. The van der Waals surface area contributed by atoms with E-state index in [1.807, 2.05) is 6.07 Å². The number of pyridine rings is 1. The second kappa shape index (κ2) is 8.79. The van der Waals surface area contributed by atoms with E-state index in [9.17, 15) is 9.18 Å². The van der Waals surface area contributed by atoms with Crippen LogP contribution in [0.15, 0.2) is 48.5 Å². The first-order valence-electron chi connectivity index (χ1n) is 10.3. The number of methoxy groups -OCH3 is 1. The first-order valence-corrected chi connectivity index (χ1v) is 10.3. The molecule has 156 valence electrons. The van der Waals surface area contributed by atoms with Crippen LogP contribution < -0.4 is 11.1 Å². The Bertz CT molecular complexity index is 1040. The van der Waals surface area contributed by atoms with Crippen molar-refractivity contribution in [1.82, 2.24) is 4.98 Å². The average molecular weight is 407 g/mol. The number of carbonyl (C=O) groups is 1. The molecule has 1 aliphatic carbocycles. The first kappa shape index (κ1) is 20.3. The van der Waals surface area contributed by atoms with E-state index in [4.69, 9.17) is 15.5 Å². The zero-order valence-electron chi connectivity index (χ0n) is 17.0. The summed E-state index contributed by atoms with van der Waals surface area (Å²) in [5.41, 5.74) is 9.74. The molecule has 0 atom stereocenters. The van der Waals surface area contributed by atoms with Gasteiger partial charge in [-0.1, -0.05) is 0 Å². The lowest BCUT2D eigenvalue weighted by atomic mass is 9.86. The second-order valence-electron chi connectivity index (χ2n) is 7.95. The van der Waals surface area contributed by atoms with Gasteiger partial charge in [-0.3, -0.25) is 0 Å². The van der Waals surface area contributed by atoms with Crippen LogP contribution in [-0.4, -0.2) is 30.6 Å². The molecule has 0 bridgehead atoms. The summed E-state index contributed by atoms with van der Waals surface area (Å²) in [4.78, 5) is 16.7. The third-order valence-corrected chi connectivity index (χ3v) is 5.83. The number of rotatable bonds is 5. The van der Waals surface area contributed by atoms with Crippen molar-refractivity contribution in [1.29, 1.82) is 0 Å². The molecule has 1 aromatic heterocycles. The van der Waals surface area contributed by atoms with Crippen molar-refractivity contribution in [3.05, 3.63) is 59.9 Å². The van der Waals surface area contributed by atoms with Crippen molar-refractivity contribution >= 4 is 22.6 Å². The van der Waals surface area contributed by atoms with Crippen LogP contribution in [0.2, 0.25) is 0 Å². The van der Waals surface area contributed by atoms with Gasteiger partial charge in [-0.25, -0.2) is 14.2 Å². The van der Waals surface area contributed by atoms with E-state index in [0.29, 0.717) is 17.5 Å². The van der Waals surface area contributed by atoms with Gasteiger partial charge in [-0.2, -0.15) is 0 Å². The molecule has 1 heterocycles. The smallest absolute Gasteiger partial charge is 0.337 e. The van der Waals surface area contributed by atoms with Gasteiger partial charge in [0.2, 0.25) is 0 Å². The molecule has 0 saturated heterocycles. The molecule has 3 N–H and O–H groups in total. The van der Waals surface area contributed by atoms with Crippen LogP contribution in [0, 0.1) is 11.7 Å². The van der Waals surface area contributed by atoms with E-state index in [1.54, 1.807) is 30.3 Å². The molecule has 30 heavy (non-hydrogen) atoms. The summed E-state index contributed by atoms with van der Waals surface area (Å²) in [6.45, 7) is 0.824. The minimum Gasteiger partial charge on any atom is -0.465 e. The summed E-state index contributed by atoms with van der Waals surface area (Å²) in [6, 6.07) is 14.0. The van der Waals surface area contributed by atoms with Gasteiger partial charge in [0, 0.05) is 23.5 Å². The zero-order valence-corrected chi connectivity index (χ0v) is 17.0. The summed E-state index contributed by atoms with van der Waals surface area (Å²) in [5, 5.41) is 4.40. The monoisotopic (exact) mass is 407 g/mol. The number of fused-ring (bicyclic) bond motifs is 1. The van der Waals surface area contributed by atoms with Crippen LogP contribution in [0.25, 0.3) is 22.2 Å². The predicted octanol–water partition coefficient (Wildman–Crippen LogP) is 4.76. The number of benzene rings is 2. The summed E-state index contributed by atoms with van der Waals surface area (Å²) < 4.78 is 18.3. The molecule has 1 saturated carbocycles. The molecule has 0 spiro atoms. The fourth-order valence-electron chi connectivity index (χ4n) is 4.03. The van der Waals surface area contributed by atoms with Crippen molar-refractivity contribution in [3.63, 3.8) is 0 Å². The van der Waals surface area contributed by atoms with Gasteiger partial charge < -0.3 is 15.8 Å². The Morgan fingerprint density at radius 2 is 1.87 bits per heavy atom. The number of esters is 1. The molecule has 4 rings (SSSR count). The van der Waals surface area contributed by atoms with Crippen molar-refractivity contribution in [2.75, 3.05) is 19.0 Å². The number of anilines is 1. The molecule has 5 nitrogen and oxygen atoms in total. The Morgan fingerprint density at radius 1 is 1.13 bits per heavy atom. The number of nitrogens with zero attached hydrogens (tertiary/aromatic N) is 1. The van der Waals surface area contributed by atoms with Crippen LogP contribution in [0.3, 0.4) is 0 Å². The summed E-state index contributed by atoms with van der Waals surface area (Å²) >= 11 is 0. The topological polar surface area (TPSA) is 77.2 Å². The molecule has 2 aromatic carbocycles. The van der Waals surface area contributed by atoms with Gasteiger partial charge in [0.25, 0.3) is 0 Å².